The van der Waals surface area contributed by atoms with E-state index in [1.165, 1.54) is 6.92 Å². The van der Waals surface area contributed by atoms with Crippen molar-refractivity contribution >= 4 is 23.3 Å². The Morgan fingerprint density at radius 3 is 1.29 bits per heavy atom. The average molecular weight is 293 g/mol. The van der Waals surface area contributed by atoms with Gasteiger partial charge in [0, 0.05) is 5.97 Å². The fourth-order valence-electron chi connectivity index (χ4n) is 0. The molecule has 0 aromatic rings. The Hall–Kier alpha value is 0.930. The van der Waals surface area contributed by atoms with Crippen LogP contribution in [0.3, 0.4) is 0 Å². The molecule has 0 bridgehead atoms. The second-order valence-electron chi connectivity index (χ2n) is 1.71. The van der Waals surface area contributed by atoms with E-state index in [4.69, 9.17) is 33.4 Å². The maximum Gasteiger partial charge on any atom is 1.00 e. The van der Waals surface area contributed by atoms with Gasteiger partial charge in [-0.1, -0.05) is 0 Å². The monoisotopic (exact) mass is 293 g/mol. The zero-order valence-corrected chi connectivity index (χ0v) is 15.1. The van der Waals surface area contributed by atoms with E-state index < -0.39 is 29.4 Å². The van der Waals surface area contributed by atoms with Crippen LogP contribution in [0.1, 0.15) is 13.8 Å². The number of aliphatic hydroxyl groups excluding tert-OH is 1. The van der Waals surface area contributed by atoms with Crippen LogP contribution < -0.4 is 70.4 Å². The van der Waals surface area contributed by atoms with Gasteiger partial charge in [-0.25, -0.2) is 4.79 Å². The minimum Gasteiger partial charge on any atom is -0.784 e. The van der Waals surface area contributed by atoms with E-state index in [0.29, 0.717) is 0 Å². The van der Waals surface area contributed by atoms with Gasteiger partial charge in [-0.2, -0.15) is 0 Å². The number of hydrogen-bond acceptors (Lipinski definition) is 7. The molecular weight excluding hydrogens is 280 g/mol. The smallest absolute Gasteiger partial charge is 0.784 e. The van der Waals surface area contributed by atoms with E-state index in [9.17, 15) is 4.79 Å². The first-order valence-corrected chi connectivity index (χ1v) is 3.96. The molecule has 17 heavy (non-hydrogen) atoms. The van der Waals surface area contributed by atoms with Crippen LogP contribution in [0, 0.1) is 0 Å². The third-order valence-electron chi connectivity index (χ3n) is 0.357. The molecule has 0 spiro atoms. The maximum atomic E-state index is 9.45. The second kappa shape index (κ2) is 25.7. The first kappa shape index (κ1) is 36.1. The predicted molar refractivity (Wildman–Crippen MR) is 45.7 cm³/mol. The maximum absolute atomic E-state index is 9.45. The number of aliphatic hydroxyl groups is 1. The fourth-order valence-corrected chi connectivity index (χ4v) is 0. The molecule has 12 heteroatoms. The first-order chi connectivity index (χ1) is 6.11. The summed E-state index contributed by atoms with van der Waals surface area (Å²) in [7, 11) is 0. The average Bonchev–Trinajstić information content (AvgIpc) is 1.83. The van der Waals surface area contributed by atoms with Gasteiger partial charge in [-0.05, 0) is 13.8 Å². The Morgan fingerprint density at radius 1 is 1.24 bits per heavy atom. The van der Waals surface area contributed by atoms with Crippen molar-refractivity contribution in [2.75, 3.05) is 0 Å². The summed E-state index contributed by atoms with van der Waals surface area (Å²) in [6.45, 7) is 2.17. The van der Waals surface area contributed by atoms with Crippen LogP contribution in [0.25, 0.3) is 0 Å². The van der Waals surface area contributed by atoms with E-state index in [1.54, 1.807) is 0 Å². The minimum absolute atomic E-state index is 0. The number of rotatable bonds is 1. The second-order valence-corrected chi connectivity index (χ2v) is 2.12. The first-order valence-electron chi connectivity index (χ1n) is 2.96. The molecule has 0 aromatic heterocycles. The summed E-state index contributed by atoms with van der Waals surface area (Å²) in [6, 6.07) is 0. The van der Waals surface area contributed by atoms with Crippen LogP contribution in [0.2, 0.25) is 0 Å². The largest absolute Gasteiger partial charge is 1.00 e. The summed E-state index contributed by atoms with van der Waals surface area (Å²) in [5.41, 5.74) is 0. The molecule has 0 amide bonds. The normalized spacial score (nSPS) is 8.35. The molecule has 1 unspecified atom stereocenters. The van der Waals surface area contributed by atoms with Crippen LogP contribution in [-0.2, 0) is 21.0 Å². The summed E-state index contributed by atoms with van der Waals surface area (Å²) < 4.78 is 25.3. The van der Waals surface area contributed by atoms with Crippen molar-refractivity contribution in [1.82, 2.24) is 6.15 Å². The third kappa shape index (κ3) is 155. The van der Waals surface area contributed by atoms with E-state index in [-0.39, 0.29) is 65.3 Å². The van der Waals surface area contributed by atoms with Crippen LogP contribution in [0.5, 0.6) is 0 Å². The number of carbonyl (C=O) groups is 2. The van der Waals surface area contributed by atoms with Crippen LogP contribution in [0.15, 0.2) is 0 Å². The summed E-state index contributed by atoms with van der Waals surface area (Å²) in [5.74, 6) is -2.27. The Labute approximate surface area is 145 Å². The molecule has 94 valence electrons. The molecule has 0 saturated heterocycles. The van der Waals surface area contributed by atoms with Gasteiger partial charge in [-0.15, -0.1) is 11.4 Å². The predicted octanol–water partition coefficient (Wildman–Crippen LogP) is -8.41. The molecule has 9 nitrogen and oxygen atoms in total. The molecule has 0 aliphatic heterocycles. The Kier molecular flexibility index (Phi) is 54.6. The number of carboxylic acids is 2. The summed E-state index contributed by atoms with van der Waals surface area (Å²) >= 11 is -3.11. The van der Waals surface area contributed by atoms with Gasteiger partial charge in [0.2, 0.25) is 0 Å². The molecule has 0 radical (unpaired) electrons. The van der Waals surface area contributed by atoms with Gasteiger partial charge < -0.3 is 35.4 Å². The quantitative estimate of drug-likeness (QED) is 0.312. The van der Waals surface area contributed by atoms with E-state index in [0.717, 1.165) is 6.92 Å². The molecule has 0 saturated carbocycles. The van der Waals surface area contributed by atoms with Gasteiger partial charge in [-0.3, -0.25) is 4.21 Å². The number of carbonyl (C=O) groups excluding carboxylic acids is 1. The van der Waals surface area contributed by atoms with Crippen LogP contribution >= 0.6 is 0 Å². The Balaban J connectivity index is -0.0000000252. The van der Waals surface area contributed by atoms with Crippen molar-refractivity contribution in [3.8, 4) is 0 Å². The Bertz CT molecular complexity index is 182. The van der Waals surface area contributed by atoms with Crippen molar-refractivity contribution in [3.05, 3.63) is 0 Å². The summed E-state index contributed by atoms with van der Waals surface area (Å²) in [4.78, 5) is 18.3. The molecule has 6 N–H and O–H groups in total. The van der Waals surface area contributed by atoms with Crippen molar-refractivity contribution in [3.63, 3.8) is 0 Å². The number of aliphatic carboxylic acids is 2. The zero-order chi connectivity index (χ0) is 12.3. The number of hydrogen-bond donors (Lipinski definition) is 3. The minimum atomic E-state index is -3.11. The molecule has 0 aromatic carbocycles. The van der Waals surface area contributed by atoms with Gasteiger partial charge in [0.25, 0.3) is 0 Å². The molecular formula is C5H13NNa2O8S. The van der Waals surface area contributed by atoms with Crippen LogP contribution in [0.4, 0.5) is 0 Å². The van der Waals surface area contributed by atoms with E-state index in [1.807, 2.05) is 0 Å². The molecule has 1 atom stereocenters. The van der Waals surface area contributed by atoms with Crippen LogP contribution in [-0.4, -0.2) is 41.6 Å². The molecule has 0 aliphatic carbocycles. The fraction of sp³-hybridized carbons (Fsp3) is 0.600. The van der Waals surface area contributed by atoms with E-state index >= 15 is 0 Å². The van der Waals surface area contributed by atoms with Crippen molar-refractivity contribution in [1.29, 1.82) is 0 Å². The zero-order valence-electron chi connectivity index (χ0n) is 10.3. The van der Waals surface area contributed by atoms with Crippen molar-refractivity contribution in [2.24, 2.45) is 0 Å². The van der Waals surface area contributed by atoms with E-state index in [2.05, 4.69) is 0 Å². The van der Waals surface area contributed by atoms with Gasteiger partial charge in [0.1, 0.15) is 6.10 Å². The molecule has 0 aliphatic rings. The summed E-state index contributed by atoms with van der Waals surface area (Å²) in [6.07, 6.45) is -1.23. The third-order valence-corrected chi connectivity index (χ3v) is 0.357. The van der Waals surface area contributed by atoms with Gasteiger partial charge >= 0.3 is 65.1 Å². The molecule has 0 rings (SSSR count). The molecule has 0 heterocycles. The van der Waals surface area contributed by atoms with Crippen molar-refractivity contribution in [2.45, 2.75) is 20.0 Å². The Morgan fingerprint density at radius 2 is 1.29 bits per heavy atom. The topological polar surface area (TPSA) is 197 Å². The summed E-state index contributed by atoms with van der Waals surface area (Å²) in [5, 5.41) is 24.7. The number of carboxylic acid groups (broad SMARTS) is 2. The SMILES string of the molecule is CC(=O)[O-].CC(O)C(=O)O.O=S([O-])[O-].[NH4+].[Na+].[Na+]. The van der Waals surface area contributed by atoms with Crippen molar-refractivity contribution < 1.29 is 97.3 Å². The molecule has 0 fully saturated rings. The van der Waals surface area contributed by atoms with Gasteiger partial charge in [0.15, 0.2) is 0 Å². The van der Waals surface area contributed by atoms with Gasteiger partial charge in [0.05, 0.1) is 0 Å². The number of quaternary nitrogens is 1. The standard InChI is InChI=1S/C3H6O3.C2H4O2.H3N.2Na.H2O3S/c1-2(4)3(5)6;1-2(3)4;;;;1-4(2)3/h2,4H,1H3,(H,5,6);1H3,(H,3,4);1H3;;;(H2,1,2,3)/q;;;2*+1;/p-2.